The second-order valence-corrected chi connectivity index (χ2v) is 7.43. The zero-order valence-corrected chi connectivity index (χ0v) is 20.3. The van der Waals surface area contributed by atoms with Crippen LogP contribution in [0.5, 0.6) is 0 Å². The maximum absolute atomic E-state index is 5.79. The summed E-state index contributed by atoms with van der Waals surface area (Å²) in [6.45, 7) is 2.05. The molecule has 0 unspecified atom stereocenters. The standard InChI is InChI=1S/C17H10NO.C12H10N.Ir/c1-2-7-16-13(5-1)14-11-12(8-9-17(14)19-16)15-6-3-4-10-18-15;1-10-5-7-11(8-6-10)12-4-2-3-9-13-12;/h1-7,9-11H;2-7,9H,1H3;/q2*-1;. The minimum atomic E-state index is 0. The van der Waals surface area contributed by atoms with E-state index in [0.717, 1.165) is 44.5 Å². The van der Waals surface area contributed by atoms with Gasteiger partial charge in [0.15, 0.2) is 0 Å². The van der Waals surface area contributed by atoms with E-state index in [1.807, 2.05) is 72.8 Å². The van der Waals surface area contributed by atoms with Gasteiger partial charge in [0.1, 0.15) is 5.58 Å². The maximum atomic E-state index is 5.79. The molecular formula is C29H20IrN2O-2. The summed E-state index contributed by atoms with van der Waals surface area (Å²) in [6, 6.07) is 36.3. The zero-order chi connectivity index (χ0) is 21.8. The van der Waals surface area contributed by atoms with Crippen LogP contribution in [0.25, 0.3) is 44.5 Å². The average Bonchev–Trinajstić information content (AvgIpc) is 3.24. The van der Waals surface area contributed by atoms with Gasteiger partial charge in [-0.2, -0.15) is 0 Å². The second-order valence-electron chi connectivity index (χ2n) is 7.43. The second kappa shape index (κ2) is 10.4. The van der Waals surface area contributed by atoms with Crippen molar-refractivity contribution in [1.29, 1.82) is 0 Å². The summed E-state index contributed by atoms with van der Waals surface area (Å²) >= 11 is 0. The van der Waals surface area contributed by atoms with E-state index in [1.165, 1.54) is 5.56 Å². The van der Waals surface area contributed by atoms with E-state index in [4.69, 9.17) is 4.42 Å². The molecule has 3 nitrogen and oxygen atoms in total. The van der Waals surface area contributed by atoms with Crippen LogP contribution in [-0.2, 0) is 20.1 Å². The number of furan rings is 1. The normalized spacial score (nSPS) is 10.3. The van der Waals surface area contributed by atoms with Crippen molar-refractivity contribution in [2.45, 2.75) is 6.92 Å². The van der Waals surface area contributed by atoms with Gasteiger partial charge < -0.3 is 14.4 Å². The number of rotatable bonds is 2. The van der Waals surface area contributed by atoms with Crippen molar-refractivity contribution in [2.24, 2.45) is 0 Å². The minimum Gasteiger partial charge on any atom is -0.500 e. The van der Waals surface area contributed by atoms with Gasteiger partial charge in [-0.05, 0) is 29.6 Å². The van der Waals surface area contributed by atoms with Crippen LogP contribution in [0.1, 0.15) is 5.56 Å². The summed E-state index contributed by atoms with van der Waals surface area (Å²) < 4.78 is 5.79. The average molecular weight is 605 g/mol. The fourth-order valence-corrected chi connectivity index (χ4v) is 3.52. The number of fused-ring (bicyclic) bond motifs is 3. The summed E-state index contributed by atoms with van der Waals surface area (Å²) in [5.41, 5.74) is 6.92. The molecule has 33 heavy (non-hydrogen) atoms. The van der Waals surface area contributed by atoms with Gasteiger partial charge in [0, 0.05) is 37.9 Å². The van der Waals surface area contributed by atoms with Gasteiger partial charge in [0.2, 0.25) is 0 Å². The Bertz CT molecular complexity index is 1460. The molecule has 0 aliphatic carbocycles. The number of aryl methyl sites for hydroxylation is 1. The first-order valence-corrected chi connectivity index (χ1v) is 10.4. The number of hydrogen-bond donors (Lipinski definition) is 0. The van der Waals surface area contributed by atoms with E-state index in [0.29, 0.717) is 0 Å². The van der Waals surface area contributed by atoms with Gasteiger partial charge in [-0.25, -0.2) is 0 Å². The first-order valence-electron chi connectivity index (χ1n) is 10.4. The van der Waals surface area contributed by atoms with Crippen LogP contribution >= 0.6 is 0 Å². The van der Waals surface area contributed by atoms with Gasteiger partial charge in [-0.15, -0.1) is 59.2 Å². The molecule has 0 saturated carbocycles. The molecule has 0 saturated heterocycles. The van der Waals surface area contributed by atoms with Crippen LogP contribution in [0.4, 0.5) is 0 Å². The predicted octanol–water partition coefficient (Wildman–Crippen LogP) is 7.30. The molecule has 0 fully saturated rings. The Kier molecular flexibility index (Phi) is 7.09. The summed E-state index contributed by atoms with van der Waals surface area (Å²) in [5.74, 6) is 0. The molecule has 163 valence electrons. The molecule has 3 aromatic carbocycles. The largest absolute Gasteiger partial charge is 0.500 e. The fourth-order valence-electron chi connectivity index (χ4n) is 3.52. The Morgan fingerprint density at radius 3 is 1.97 bits per heavy atom. The molecule has 0 aliphatic rings. The maximum Gasteiger partial charge on any atom is 0.120 e. The Morgan fingerprint density at radius 1 is 0.636 bits per heavy atom. The van der Waals surface area contributed by atoms with Crippen molar-refractivity contribution in [3.63, 3.8) is 0 Å². The molecule has 0 aliphatic heterocycles. The number of nitrogens with zero attached hydrogens (tertiary/aromatic N) is 2. The third-order valence-electron chi connectivity index (χ3n) is 5.16. The van der Waals surface area contributed by atoms with Crippen LogP contribution in [-0.4, -0.2) is 9.97 Å². The first-order chi connectivity index (χ1) is 15.8. The number of benzene rings is 3. The molecule has 0 N–H and O–H groups in total. The van der Waals surface area contributed by atoms with E-state index in [2.05, 4.69) is 47.2 Å². The van der Waals surface area contributed by atoms with Gasteiger partial charge in [-0.3, -0.25) is 0 Å². The van der Waals surface area contributed by atoms with Crippen LogP contribution in [0.3, 0.4) is 0 Å². The smallest absolute Gasteiger partial charge is 0.120 e. The Morgan fingerprint density at radius 2 is 1.30 bits per heavy atom. The third-order valence-corrected chi connectivity index (χ3v) is 5.16. The molecule has 3 aromatic heterocycles. The molecule has 6 aromatic rings. The molecule has 4 heteroatoms. The third kappa shape index (κ3) is 5.09. The number of pyridine rings is 2. The quantitative estimate of drug-likeness (QED) is 0.195. The molecule has 0 bridgehead atoms. The van der Waals surface area contributed by atoms with Crippen molar-refractivity contribution in [2.75, 3.05) is 0 Å². The van der Waals surface area contributed by atoms with Crippen LogP contribution < -0.4 is 0 Å². The van der Waals surface area contributed by atoms with E-state index in [-0.39, 0.29) is 20.1 Å². The van der Waals surface area contributed by atoms with E-state index in [1.54, 1.807) is 12.4 Å². The molecule has 0 amide bonds. The fraction of sp³-hybridized carbons (Fsp3) is 0.0345. The SMILES string of the molecule is Cc1c[c-]c(-c2ccccn2)cc1.[Ir].[c-]1cc2oc3ccccc3c2cc1-c1ccccn1. The molecule has 0 spiro atoms. The zero-order valence-electron chi connectivity index (χ0n) is 18.0. The minimum absolute atomic E-state index is 0. The number of para-hydroxylation sites is 1. The van der Waals surface area contributed by atoms with Crippen LogP contribution in [0.2, 0.25) is 0 Å². The molecule has 0 atom stereocenters. The summed E-state index contributed by atoms with van der Waals surface area (Å²) in [6.07, 6.45) is 3.59. The molecule has 3 heterocycles. The predicted molar refractivity (Wildman–Crippen MR) is 129 cm³/mol. The van der Waals surface area contributed by atoms with Crippen molar-refractivity contribution in [3.8, 4) is 22.5 Å². The van der Waals surface area contributed by atoms with Gasteiger partial charge in [-0.1, -0.05) is 54.8 Å². The topological polar surface area (TPSA) is 38.9 Å². The Labute approximate surface area is 206 Å². The van der Waals surface area contributed by atoms with Crippen molar-refractivity contribution in [3.05, 3.63) is 121 Å². The number of aromatic nitrogens is 2. The Hall–Kier alpha value is -3.59. The van der Waals surface area contributed by atoms with E-state index >= 15 is 0 Å². The van der Waals surface area contributed by atoms with Crippen molar-refractivity contribution < 1.29 is 24.5 Å². The van der Waals surface area contributed by atoms with Gasteiger partial charge in [0.25, 0.3) is 0 Å². The molecule has 6 rings (SSSR count). The molecular weight excluding hydrogens is 585 g/mol. The monoisotopic (exact) mass is 605 g/mol. The van der Waals surface area contributed by atoms with Gasteiger partial charge >= 0.3 is 0 Å². The van der Waals surface area contributed by atoms with Crippen LogP contribution in [0, 0.1) is 19.1 Å². The molecule has 1 radical (unpaired) electrons. The van der Waals surface area contributed by atoms with Gasteiger partial charge in [0.05, 0.1) is 5.58 Å². The van der Waals surface area contributed by atoms with Crippen molar-refractivity contribution >= 4 is 21.9 Å². The van der Waals surface area contributed by atoms with Crippen LogP contribution in [0.15, 0.2) is 108 Å². The summed E-state index contributed by atoms with van der Waals surface area (Å²) in [7, 11) is 0. The summed E-state index contributed by atoms with van der Waals surface area (Å²) in [4.78, 5) is 8.61. The Balaban J connectivity index is 0.000000164. The van der Waals surface area contributed by atoms with E-state index in [9.17, 15) is 0 Å². The van der Waals surface area contributed by atoms with E-state index < -0.39 is 0 Å². The first kappa shape index (κ1) is 22.6. The van der Waals surface area contributed by atoms with Crippen molar-refractivity contribution in [1.82, 2.24) is 9.97 Å². The number of hydrogen-bond acceptors (Lipinski definition) is 3. The summed E-state index contributed by atoms with van der Waals surface area (Å²) in [5, 5.41) is 2.23.